The highest BCUT2D eigenvalue weighted by Gasteiger charge is 2.18. The maximum absolute atomic E-state index is 2.41. The molecule has 0 saturated heterocycles. The fraction of sp³-hybridized carbons (Fsp3) is 0. The largest absolute Gasteiger partial charge is 0.0622 e. The van der Waals surface area contributed by atoms with E-state index in [0.29, 0.717) is 0 Å². The van der Waals surface area contributed by atoms with Gasteiger partial charge in [0.25, 0.3) is 0 Å². The molecule has 0 unspecified atom stereocenters. The average Bonchev–Trinajstić information content (AvgIpc) is 0.751. The third kappa shape index (κ3) is 11.9. The third-order valence-corrected chi connectivity index (χ3v) is 21.2. The molecule has 0 N–H and O–H groups in total. The monoisotopic (exact) mass is 1320 g/mol. The zero-order valence-corrected chi connectivity index (χ0v) is 57.3. The first-order valence-corrected chi connectivity index (χ1v) is 36.0. The Balaban J connectivity index is 0.000000147. The van der Waals surface area contributed by atoms with Gasteiger partial charge in [0.05, 0.1) is 0 Å². The van der Waals surface area contributed by atoms with Crippen LogP contribution in [0.5, 0.6) is 0 Å². The van der Waals surface area contributed by atoms with Crippen LogP contribution in [0.2, 0.25) is 0 Å². The summed E-state index contributed by atoms with van der Waals surface area (Å²) in [5.74, 6) is 0. The highest BCUT2D eigenvalue weighted by atomic mass is 14.2. The standard InChI is InChI=1S/C58H38.C46H30/c1-3-14-41(15-4-1)55-35-53(46-21-11-20-45(32-46)47-24-22-39-12-7-9-18-43(39)30-47)37-57-56(42-16-5-2-6-17-42)36-54(38-58(55)57)52-29-28-50-33-49(26-27-51(50)34-52)48-25-23-40-13-8-10-19-44(40)31-48;1-3-10-33-26-36(18-16-31(33)8-1)35-12-7-13-41(29-35)43-24-25-44(46-15-6-5-14-45(43)46)42-23-22-39-28-38(20-21-40(39)30-42)37-19-17-32-9-2-4-11-34(32)27-37/h1-38H;1-30H. The quantitative estimate of drug-likeness (QED) is 0.128. The lowest BCUT2D eigenvalue weighted by Crippen LogP contribution is -1.91. The topological polar surface area (TPSA) is 0 Å². The molecule has 104 heavy (non-hydrogen) atoms. The maximum atomic E-state index is 2.41. The van der Waals surface area contributed by atoms with Crippen molar-refractivity contribution < 1.29 is 0 Å². The molecule has 0 aliphatic heterocycles. The van der Waals surface area contributed by atoms with Gasteiger partial charge in [-0.05, 0) is 282 Å². The van der Waals surface area contributed by atoms with Crippen molar-refractivity contribution in [3.05, 3.63) is 413 Å². The summed E-state index contributed by atoms with van der Waals surface area (Å²) in [6.45, 7) is 0. The van der Waals surface area contributed by atoms with E-state index in [2.05, 4.69) is 413 Å². The molecule has 0 saturated carbocycles. The Bertz CT molecular complexity index is 6710. The molecule has 0 heteroatoms. The van der Waals surface area contributed by atoms with Gasteiger partial charge < -0.3 is 0 Å². The maximum Gasteiger partial charge on any atom is -0.00926 e. The fourth-order valence-corrected chi connectivity index (χ4v) is 15.7. The molecule has 0 amide bonds. The van der Waals surface area contributed by atoms with Gasteiger partial charge in [-0.15, -0.1) is 0 Å². The van der Waals surface area contributed by atoms with E-state index in [9.17, 15) is 0 Å². The lowest BCUT2D eigenvalue weighted by atomic mass is 9.86. The fourth-order valence-electron chi connectivity index (χ4n) is 15.7. The van der Waals surface area contributed by atoms with Crippen molar-refractivity contribution in [2.45, 2.75) is 0 Å². The van der Waals surface area contributed by atoms with Gasteiger partial charge in [-0.1, -0.05) is 328 Å². The first kappa shape index (κ1) is 61.6. The van der Waals surface area contributed by atoms with Crippen molar-refractivity contribution >= 4 is 86.2 Å². The number of rotatable bonds is 10. The van der Waals surface area contributed by atoms with Gasteiger partial charge in [-0.25, -0.2) is 0 Å². The minimum atomic E-state index is 1.20. The van der Waals surface area contributed by atoms with E-state index in [0.717, 1.165) is 0 Å². The van der Waals surface area contributed by atoms with Gasteiger partial charge in [0, 0.05) is 0 Å². The number of hydrogen-bond donors (Lipinski definition) is 0. The molecule has 484 valence electrons. The number of benzene rings is 20. The Hall–Kier alpha value is -13.5. The first-order chi connectivity index (χ1) is 51.5. The molecule has 0 bridgehead atoms. The Kier molecular flexibility index (Phi) is 15.7. The summed E-state index contributed by atoms with van der Waals surface area (Å²) in [5, 5.41) is 20.1. The molecule has 0 aliphatic carbocycles. The van der Waals surface area contributed by atoms with E-state index in [-0.39, 0.29) is 0 Å². The molecule has 0 heterocycles. The second kappa shape index (κ2) is 26.5. The van der Waals surface area contributed by atoms with Crippen molar-refractivity contribution in [2.24, 2.45) is 0 Å². The van der Waals surface area contributed by atoms with Gasteiger partial charge >= 0.3 is 0 Å². The number of fused-ring (bicyclic) bond motifs is 8. The number of hydrogen-bond acceptors (Lipinski definition) is 0. The predicted octanol–water partition coefficient (Wildman–Crippen LogP) is 29.3. The molecule has 20 aromatic rings. The second-order valence-corrected chi connectivity index (χ2v) is 27.5. The van der Waals surface area contributed by atoms with Crippen molar-refractivity contribution in [3.8, 4) is 111 Å². The molecule has 20 rings (SSSR count). The highest BCUT2D eigenvalue weighted by Crippen LogP contribution is 2.45. The van der Waals surface area contributed by atoms with E-state index in [1.165, 1.54) is 197 Å². The Morgan fingerprint density at radius 1 is 0.0865 bits per heavy atom. The molecular weight excluding hydrogens is 1250 g/mol. The van der Waals surface area contributed by atoms with Crippen LogP contribution in [0, 0.1) is 0 Å². The van der Waals surface area contributed by atoms with Crippen LogP contribution in [0.1, 0.15) is 0 Å². The lowest BCUT2D eigenvalue weighted by Gasteiger charge is -2.18. The molecule has 0 fully saturated rings. The predicted molar refractivity (Wildman–Crippen MR) is 447 cm³/mol. The minimum Gasteiger partial charge on any atom is -0.0622 e. The third-order valence-electron chi connectivity index (χ3n) is 21.2. The minimum absolute atomic E-state index is 1.20. The summed E-state index contributed by atoms with van der Waals surface area (Å²) in [6, 6.07) is 151. The second-order valence-electron chi connectivity index (χ2n) is 27.5. The highest BCUT2D eigenvalue weighted by molar-refractivity contribution is 6.11. The molecule has 0 atom stereocenters. The molecule has 0 radical (unpaired) electrons. The van der Waals surface area contributed by atoms with Crippen LogP contribution in [0.4, 0.5) is 0 Å². The summed E-state index contributed by atoms with van der Waals surface area (Å²) >= 11 is 0. The molecule has 0 nitrogen and oxygen atoms in total. The van der Waals surface area contributed by atoms with Gasteiger partial charge in [-0.3, -0.25) is 0 Å². The van der Waals surface area contributed by atoms with E-state index in [1.54, 1.807) is 0 Å². The van der Waals surface area contributed by atoms with Crippen LogP contribution in [0.25, 0.3) is 197 Å². The molecule has 0 aliphatic rings. The van der Waals surface area contributed by atoms with E-state index in [4.69, 9.17) is 0 Å². The van der Waals surface area contributed by atoms with Crippen LogP contribution in [0.3, 0.4) is 0 Å². The molecule has 0 aromatic heterocycles. The Morgan fingerprint density at radius 3 is 0.663 bits per heavy atom. The molecule has 0 spiro atoms. The van der Waals surface area contributed by atoms with Gasteiger partial charge in [-0.2, -0.15) is 0 Å². The van der Waals surface area contributed by atoms with Crippen LogP contribution >= 0.6 is 0 Å². The SMILES string of the molecule is c1cc(-c2ccc3ccccc3c2)cc(-c2ccc(-c3ccc4cc(-c5ccc6ccccc6c5)ccc4c3)c3ccccc23)c1.c1ccc(-c2cc(-c3ccc4cc(-c5ccc6ccccc6c5)ccc4c3)cc3c(-c4ccccc4)cc(-c4cccc(-c5ccc6ccccc6c5)c4)cc23)cc1. The van der Waals surface area contributed by atoms with Gasteiger partial charge in [0.15, 0.2) is 0 Å². The van der Waals surface area contributed by atoms with Crippen molar-refractivity contribution in [1.82, 2.24) is 0 Å². The van der Waals surface area contributed by atoms with Gasteiger partial charge in [0.1, 0.15) is 0 Å². The van der Waals surface area contributed by atoms with Crippen molar-refractivity contribution in [1.29, 1.82) is 0 Å². The lowest BCUT2D eigenvalue weighted by molar-refractivity contribution is 1.59. The normalized spacial score (nSPS) is 11.5. The van der Waals surface area contributed by atoms with Crippen LogP contribution in [-0.2, 0) is 0 Å². The summed E-state index contributed by atoms with van der Waals surface area (Å²) in [5.41, 5.74) is 24.5. The van der Waals surface area contributed by atoms with Crippen LogP contribution in [-0.4, -0.2) is 0 Å². The zero-order valence-electron chi connectivity index (χ0n) is 57.3. The Morgan fingerprint density at radius 2 is 0.308 bits per heavy atom. The van der Waals surface area contributed by atoms with Crippen LogP contribution in [0.15, 0.2) is 413 Å². The Labute approximate surface area is 606 Å². The zero-order chi connectivity index (χ0) is 68.9. The first-order valence-electron chi connectivity index (χ1n) is 36.0. The van der Waals surface area contributed by atoms with Crippen LogP contribution < -0.4 is 0 Å². The van der Waals surface area contributed by atoms with Crippen molar-refractivity contribution in [2.75, 3.05) is 0 Å². The smallest absolute Gasteiger partial charge is 0.00926 e. The summed E-state index contributed by atoms with van der Waals surface area (Å²) in [7, 11) is 0. The van der Waals surface area contributed by atoms with E-state index >= 15 is 0 Å². The molecular formula is C104H68. The molecule has 20 aromatic carbocycles. The summed E-state index contributed by atoms with van der Waals surface area (Å²) in [4.78, 5) is 0. The van der Waals surface area contributed by atoms with E-state index < -0.39 is 0 Å². The van der Waals surface area contributed by atoms with Crippen molar-refractivity contribution in [3.63, 3.8) is 0 Å². The van der Waals surface area contributed by atoms with Gasteiger partial charge in [0.2, 0.25) is 0 Å². The van der Waals surface area contributed by atoms with E-state index in [1.807, 2.05) is 0 Å². The average molecular weight is 1320 g/mol. The summed E-state index contributed by atoms with van der Waals surface area (Å²) in [6.07, 6.45) is 0. The summed E-state index contributed by atoms with van der Waals surface area (Å²) < 4.78 is 0.